The number of thiophene rings is 1. The van der Waals surface area contributed by atoms with Crippen LogP contribution in [0.1, 0.15) is 31.6 Å². The molecule has 2 nitrogen and oxygen atoms in total. The molecular formula is C14H23BrN2S. The molecule has 18 heavy (non-hydrogen) atoms. The van der Waals surface area contributed by atoms with Crippen molar-refractivity contribution in [2.75, 3.05) is 19.6 Å². The zero-order valence-electron chi connectivity index (χ0n) is 11.3. The van der Waals surface area contributed by atoms with Gasteiger partial charge in [-0.2, -0.15) is 0 Å². The summed E-state index contributed by atoms with van der Waals surface area (Å²) in [6.07, 6.45) is 2.89. The summed E-state index contributed by atoms with van der Waals surface area (Å²) < 4.78 is 1.20. The summed E-state index contributed by atoms with van der Waals surface area (Å²) in [5.41, 5.74) is 0. The van der Waals surface area contributed by atoms with Crippen molar-refractivity contribution in [3.8, 4) is 0 Å². The first-order valence-corrected chi connectivity index (χ1v) is 8.50. The van der Waals surface area contributed by atoms with E-state index in [0.717, 1.165) is 19.0 Å². The molecule has 0 radical (unpaired) electrons. The standard InChI is InChI=1S/C14H23BrN2S/c1-11(2)17(9-12-3-4-12)6-5-16-8-14-7-13(15)10-18-14/h7,10-12,16H,3-6,8-9H2,1-2H3. The fraction of sp³-hybridized carbons (Fsp3) is 0.714. The predicted molar refractivity (Wildman–Crippen MR) is 83.2 cm³/mol. The molecule has 1 aliphatic rings. The Balaban J connectivity index is 1.63. The maximum Gasteiger partial charge on any atom is 0.0300 e. The van der Waals surface area contributed by atoms with Gasteiger partial charge in [0, 0.05) is 47.0 Å². The molecule has 0 aliphatic heterocycles. The number of halogens is 1. The van der Waals surface area contributed by atoms with Crippen molar-refractivity contribution in [2.24, 2.45) is 5.92 Å². The number of hydrogen-bond donors (Lipinski definition) is 1. The van der Waals surface area contributed by atoms with E-state index in [1.807, 2.05) is 11.3 Å². The minimum Gasteiger partial charge on any atom is -0.311 e. The maximum absolute atomic E-state index is 3.54. The third-order valence-electron chi connectivity index (χ3n) is 3.42. The van der Waals surface area contributed by atoms with Gasteiger partial charge in [0.1, 0.15) is 0 Å². The number of nitrogens with zero attached hydrogens (tertiary/aromatic N) is 1. The van der Waals surface area contributed by atoms with Crippen LogP contribution in [-0.4, -0.2) is 30.6 Å². The Morgan fingerprint density at radius 2 is 2.28 bits per heavy atom. The minimum atomic E-state index is 0.670. The molecule has 102 valence electrons. The first-order valence-electron chi connectivity index (χ1n) is 6.83. The van der Waals surface area contributed by atoms with Crippen LogP contribution in [0.4, 0.5) is 0 Å². The molecule has 0 atom stereocenters. The second-order valence-electron chi connectivity index (χ2n) is 5.44. The summed E-state index contributed by atoms with van der Waals surface area (Å²) in [6.45, 7) is 9.15. The topological polar surface area (TPSA) is 15.3 Å². The normalized spacial score (nSPS) is 15.8. The molecular weight excluding hydrogens is 308 g/mol. The summed E-state index contributed by atoms with van der Waals surface area (Å²) in [7, 11) is 0. The Labute approximate surface area is 123 Å². The quantitative estimate of drug-likeness (QED) is 0.731. The van der Waals surface area contributed by atoms with Crippen molar-refractivity contribution in [2.45, 2.75) is 39.3 Å². The number of rotatable bonds is 8. The van der Waals surface area contributed by atoms with Crippen LogP contribution in [0.25, 0.3) is 0 Å². The molecule has 1 fully saturated rings. The largest absolute Gasteiger partial charge is 0.311 e. The average molecular weight is 331 g/mol. The van der Waals surface area contributed by atoms with E-state index in [9.17, 15) is 0 Å². The number of hydrogen-bond acceptors (Lipinski definition) is 3. The molecule has 1 aromatic heterocycles. The van der Waals surface area contributed by atoms with E-state index in [-0.39, 0.29) is 0 Å². The fourth-order valence-electron chi connectivity index (χ4n) is 2.07. The SMILES string of the molecule is CC(C)N(CCNCc1cc(Br)cs1)CC1CC1. The van der Waals surface area contributed by atoms with Crippen LogP contribution < -0.4 is 5.32 Å². The summed E-state index contributed by atoms with van der Waals surface area (Å²) in [5, 5.41) is 5.69. The molecule has 0 amide bonds. The monoisotopic (exact) mass is 330 g/mol. The Morgan fingerprint density at radius 1 is 1.50 bits per heavy atom. The molecule has 1 N–H and O–H groups in total. The van der Waals surface area contributed by atoms with E-state index in [0.29, 0.717) is 6.04 Å². The Kier molecular flexibility index (Phi) is 5.67. The van der Waals surface area contributed by atoms with Gasteiger partial charge >= 0.3 is 0 Å². The van der Waals surface area contributed by atoms with Crippen LogP contribution in [0.15, 0.2) is 15.9 Å². The summed E-state index contributed by atoms with van der Waals surface area (Å²) in [6, 6.07) is 2.87. The summed E-state index contributed by atoms with van der Waals surface area (Å²) >= 11 is 5.30. The number of nitrogens with one attached hydrogen (secondary N) is 1. The van der Waals surface area contributed by atoms with Gasteiger partial charge in [-0.25, -0.2) is 0 Å². The Hall–Kier alpha value is 0.1000. The van der Waals surface area contributed by atoms with Gasteiger partial charge in [0.15, 0.2) is 0 Å². The molecule has 1 aliphatic carbocycles. The summed E-state index contributed by atoms with van der Waals surface area (Å²) in [4.78, 5) is 4.01. The highest BCUT2D eigenvalue weighted by Gasteiger charge is 2.24. The molecule has 2 rings (SSSR count). The zero-order chi connectivity index (χ0) is 13.0. The van der Waals surface area contributed by atoms with Gasteiger partial charge in [0.25, 0.3) is 0 Å². The van der Waals surface area contributed by atoms with Crippen LogP contribution in [0.3, 0.4) is 0 Å². The fourth-order valence-corrected chi connectivity index (χ4v) is 3.49. The van der Waals surface area contributed by atoms with Gasteiger partial charge in [0.2, 0.25) is 0 Å². The average Bonchev–Trinajstić information content (AvgIpc) is 3.05. The van der Waals surface area contributed by atoms with E-state index < -0.39 is 0 Å². The molecule has 0 bridgehead atoms. The zero-order valence-corrected chi connectivity index (χ0v) is 13.7. The molecule has 0 spiro atoms. The summed E-state index contributed by atoms with van der Waals surface area (Å²) in [5.74, 6) is 0.987. The lowest BCUT2D eigenvalue weighted by molar-refractivity contribution is 0.213. The van der Waals surface area contributed by atoms with Gasteiger partial charge in [-0.05, 0) is 54.6 Å². The molecule has 0 saturated heterocycles. The van der Waals surface area contributed by atoms with Crippen molar-refractivity contribution in [3.63, 3.8) is 0 Å². The molecule has 1 aromatic rings. The lowest BCUT2D eigenvalue weighted by atomic mass is 10.2. The second-order valence-corrected chi connectivity index (χ2v) is 7.35. The first-order chi connectivity index (χ1) is 8.65. The van der Waals surface area contributed by atoms with E-state index in [1.165, 1.54) is 35.3 Å². The third-order valence-corrected chi connectivity index (χ3v) is 5.11. The van der Waals surface area contributed by atoms with E-state index in [1.54, 1.807) is 0 Å². The minimum absolute atomic E-state index is 0.670. The highest BCUT2D eigenvalue weighted by atomic mass is 79.9. The Morgan fingerprint density at radius 3 is 2.83 bits per heavy atom. The molecule has 1 saturated carbocycles. The molecule has 1 heterocycles. The lowest BCUT2D eigenvalue weighted by Gasteiger charge is -2.26. The lowest BCUT2D eigenvalue weighted by Crippen LogP contribution is -2.38. The maximum atomic E-state index is 3.54. The van der Waals surface area contributed by atoms with Gasteiger partial charge in [-0.3, -0.25) is 4.90 Å². The van der Waals surface area contributed by atoms with Crippen molar-refractivity contribution in [1.82, 2.24) is 10.2 Å². The van der Waals surface area contributed by atoms with E-state index >= 15 is 0 Å². The molecule has 0 unspecified atom stereocenters. The van der Waals surface area contributed by atoms with Gasteiger partial charge in [-0.1, -0.05) is 0 Å². The van der Waals surface area contributed by atoms with Crippen LogP contribution >= 0.6 is 27.3 Å². The third kappa shape index (κ3) is 5.00. The van der Waals surface area contributed by atoms with Gasteiger partial charge in [-0.15, -0.1) is 11.3 Å². The van der Waals surface area contributed by atoms with E-state index in [4.69, 9.17) is 0 Å². The van der Waals surface area contributed by atoms with Crippen LogP contribution in [0, 0.1) is 5.92 Å². The van der Waals surface area contributed by atoms with Crippen LogP contribution in [0.5, 0.6) is 0 Å². The molecule has 0 aromatic carbocycles. The predicted octanol–water partition coefficient (Wildman–Crippen LogP) is 3.72. The van der Waals surface area contributed by atoms with Gasteiger partial charge in [0.05, 0.1) is 0 Å². The first kappa shape index (κ1) is 14.5. The highest BCUT2D eigenvalue weighted by Crippen LogP contribution is 2.30. The van der Waals surface area contributed by atoms with Crippen molar-refractivity contribution >= 4 is 27.3 Å². The molecule has 4 heteroatoms. The van der Waals surface area contributed by atoms with Crippen LogP contribution in [-0.2, 0) is 6.54 Å². The van der Waals surface area contributed by atoms with E-state index in [2.05, 4.69) is 51.4 Å². The smallest absolute Gasteiger partial charge is 0.0300 e. The van der Waals surface area contributed by atoms with Crippen molar-refractivity contribution < 1.29 is 0 Å². The van der Waals surface area contributed by atoms with Gasteiger partial charge < -0.3 is 5.32 Å². The Bertz CT molecular complexity index is 360. The van der Waals surface area contributed by atoms with Crippen LogP contribution in [0.2, 0.25) is 0 Å². The highest BCUT2D eigenvalue weighted by molar-refractivity contribution is 9.10. The van der Waals surface area contributed by atoms with Crippen molar-refractivity contribution in [1.29, 1.82) is 0 Å². The van der Waals surface area contributed by atoms with Crippen molar-refractivity contribution in [3.05, 3.63) is 20.8 Å². The second kappa shape index (κ2) is 7.04.